The molecule has 0 atom stereocenters. The lowest BCUT2D eigenvalue weighted by Gasteiger charge is -2.06. The molecule has 1 N–H and O–H groups in total. The second-order valence-electron chi connectivity index (χ2n) is 4.29. The van der Waals surface area contributed by atoms with Crippen LogP contribution in [0.1, 0.15) is 16.3 Å². The Balaban J connectivity index is 2.19. The molecule has 1 aliphatic heterocycles. The van der Waals surface area contributed by atoms with Gasteiger partial charge >= 0.3 is 5.97 Å². The summed E-state index contributed by atoms with van der Waals surface area (Å²) in [5.74, 6) is 0.883. The number of rotatable bonds is 2. The van der Waals surface area contributed by atoms with E-state index in [-0.39, 0.29) is 12.5 Å². The van der Waals surface area contributed by atoms with Gasteiger partial charge in [0.15, 0.2) is 17.2 Å². The van der Waals surface area contributed by atoms with Crippen molar-refractivity contribution in [1.82, 2.24) is 9.55 Å². The van der Waals surface area contributed by atoms with Crippen molar-refractivity contribution in [3.63, 3.8) is 0 Å². The minimum Gasteiger partial charge on any atom is -0.476 e. The predicted molar refractivity (Wildman–Crippen MR) is 66.5 cm³/mol. The summed E-state index contributed by atoms with van der Waals surface area (Å²) in [4.78, 5) is 15.3. The van der Waals surface area contributed by atoms with Crippen LogP contribution in [0, 0.1) is 6.92 Å². The van der Waals surface area contributed by atoms with E-state index in [2.05, 4.69) is 4.98 Å². The monoisotopic (exact) mass is 260 g/mol. The van der Waals surface area contributed by atoms with Crippen molar-refractivity contribution >= 4 is 5.97 Å². The lowest BCUT2D eigenvalue weighted by Crippen LogP contribution is -2.01. The molecule has 0 aliphatic carbocycles. The zero-order valence-electron chi connectivity index (χ0n) is 10.5. The van der Waals surface area contributed by atoms with Crippen LogP contribution in [0.2, 0.25) is 0 Å². The number of hydrogen-bond acceptors (Lipinski definition) is 4. The average molecular weight is 260 g/mol. The van der Waals surface area contributed by atoms with Crippen LogP contribution in [0.4, 0.5) is 0 Å². The number of carboxylic acids is 1. The molecule has 6 heteroatoms. The Hall–Kier alpha value is -2.50. The van der Waals surface area contributed by atoms with E-state index < -0.39 is 5.97 Å². The van der Waals surface area contributed by atoms with Gasteiger partial charge in [0.05, 0.1) is 5.69 Å². The molecule has 1 aromatic heterocycles. The van der Waals surface area contributed by atoms with Crippen molar-refractivity contribution in [2.45, 2.75) is 6.92 Å². The summed E-state index contributed by atoms with van der Waals surface area (Å²) in [5.41, 5.74) is 1.34. The predicted octanol–water partition coefficient (Wildman–Crippen LogP) is 1.82. The molecule has 0 amide bonds. The number of carbonyl (C=O) groups is 1. The fourth-order valence-electron chi connectivity index (χ4n) is 2.13. The van der Waals surface area contributed by atoms with E-state index in [1.54, 1.807) is 36.7 Å². The summed E-state index contributed by atoms with van der Waals surface area (Å²) >= 11 is 0. The third kappa shape index (κ3) is 1.72. The highest BCUT2D eigenvalue weighted by Gasteiger charge is 2.22. The molecule has 6 nitrogen and oxygen atoms in total. The number of aromatic nitrogens is 2. The maximum Gasteiger partial charge on any atom is 0.356 e. The SMILES string of the molecule is Cc1nc(C(=O)O)c(-c2ccc3c(c2)OCO3)n1C. The van der Waals surface area contributed by atoms with Crippen LogP contribution >= 0.6 is 0 Å². The zero-order chi connectivity index (χ0) is 13.6. The zero-order valence-corrected chi connectivity index (χ0v) is 10.5. The van der Waals surface area contributed by atoms with Gasteiger partial charge in [0, 0.05) is 12.6 Å². The number of ether oxygens (including phenoxy) is 2. The van der Waals surface area contributed by atoms with Gasteiger partial charge < -0.3 is 19.1 Å². The third-order valence-corrected chi connectivity index (χ3v) is 3.17. The van der Waals surface area contributed by atoms with Gasteiger partial charge in [0.25, 0.3) is 0 Å². The van der Waals surface area contributed by atoms with Crippen LogP contribution in [-0.4, -0.2) is 27.4 Å². The number of fused-ring (bicyclic) bond motifs is 1. The normalized spacial score (nSPS) is 12.7. The molecule has 0 spiro atoms. The largest absolute Gasteiger partial charge is 0.476 e. The molecule has 1 aliphatic rings. The minimum absolute atomic E-state index is 0.0406. The summed E-state index contributed by atoms with van der Waals surface area (Å²) in [6, 6.07) is 5.34. The number of carboxylic acid groups (broad SMARTS) is 1. The molecule has 3 rings (SSSR count). The third-order valence-electron chi connectivity index (χ3n) is 3.17. The lowest BCUT2D eigenvalue weighted by atomic mass is 10.1. The summed E-state index contributed by atoms with van der Waals surface area (Å²) in [6.45, 7) is 1.96. The Morgan fingerprint density at radius 2 is 2.11 bits per heavy atom. The van der Waals surface area contributed by atoms with Gasteiger partial charge in [-0.05, 0) is 25.1 Å². The molecular formula is C13H12N2O4. The molecule has 1 aromatic carbocycles. The molecule has 0 saturated carbocycles. The number of nitrogens with zero attached hydrogens (tertiary/aromatic N) is 2. The van der Waals surface area contributed by atoms with Crippen molar-refractivity contribution in [1.29, 1.82) is 0 Å². The fraction of sp³-hybridized carbons (Fsp3) is 0.231. The second-order valence-corrected chi connectivity index (χ2v) is 4.29. The first-order chi connectivity index (χ1) is 9.08. The van der Waals surface area contributed by atoms with Crippen molar-refractivity contribution in [3.8, 4) is 22.8 Å². The maximum atomic E-state index is 11.3. The van der Waals surface area contributed by atoms with Gasteiger partial charge in [0.2, 0.25) is 6.79 Å². The summed E-state index contributed by atoms with van der Waals surface area (Å²) < 4.78 is 12.3. The summed E-state index contributed by atoms with van der Waals surface area (Å²) in [5, 5.41) is 9.23. The maximum absolute atomic E-state index is 11.3. The van der Waals surface area contributed by atoms with Gasteiger partial charge in [-0.25, -0.2) is 9.78 Å². The molecule has 2 aromatic rings. The standard InChI is InChI=1S/C13H12N2O4/c1-7-14-11(13(16)17)12(15(7)2)8-3-4-9-10(5-8)19-6-18-9/h3-5H,6H2,1-2H3,(H,16,17). The van der Waals surface area contributed by atoms with E-state index in [4.69, 9.17) is 9.47 Å². The highest BCUT2D eigenvalue weighted by Crippen LogP contribution is 2.36. The van der Waals surface area contributed by atoms with Gasteiger partial charge in [-0.15, -0.1) is 0 Å². The van der Waals surface area contributed by atoms with Gasteiger partial charge in [-0.1, -0.05) is 0 Å². The van der Waals surface area contributed by atoms with Crippen LogP contribution in [0.5, 0.6) is 11.5 Å². The molecular weight excluding hydrogens is 248 g/mol. The Kier molecular flexibility index (Phi) is 2.45. The van der Waals surface area contributed by atoms with E-state index in [0.717, 1.165) is 5.56 Å². The number of hydrogen-bond donors (Lipinski definition) is 1. The van der Waals surface area contributed by atoms with Crippen LogP contribution in [0.3, 0.4) is 0 Å². The Morgan fingerprint density at radius 3 is 2.84 bits per heavy atom. The highest BCUT2D eigenvalue weighted by molar-refractivity contribution is 5.93. The molecule has 98 valence electrons. The number of imidazole rings is 1. The van der Waals surface area contributed by atoms with Crippen LogP contribution in [0.25, 0.3) is 11.3 Å². The Bertz CT molecular complexity index is 676. The quantitative estimate of drug-likeness (QED) is 0.891. The average Bonchev–Trinajstić information content (AvgIpc) is 2.94. The van der Waals surface area contributed by atoms with Crippen LogP contribution in [-0.2, 0) is 7.05 Å². The van der Waals surface area contributed by atoms with Crippen LogP contribution in [0.15, 0.2) is 18.2 Å². The van der Waals surface area contributed by atoms with Crippen molar-refractivity contribution in [2.75, 3.05) is 6.79 Å². The first-order valence-corrected chi connectivity index (χ1v) is 5.74. The van der Waals surface area contributed by atoms with E-state index in [0.29, 0.717) is 23.0 Å². The van der Waals surface area contributed by atoms with Crippen LogP contribution < -0.4 is 9.47 Å². The molecule has 2 heterocycles. The van der Waals surface area contributed by atoms with Gasteiger partial charge in [-0.3, -0.25) is 0 Å². The smallest absolute Gasteiger partial charge is 0.356 e. The number of aromatic carboxylic acids is 1. The van der Waals surface area contributed by atoms with E-state index in [1.165, 1.54) is 0 Å². The number of aryl methyl sites for hydroxylation is 1. The molecule has 19 heavy (non-hydrogen) atoms. The van der Waals surface area contributed by atoms with Crippen molar-refractivity contribution in [2.24, 2.45) is 7.05 Å². The molecule has 0 saturated heterocycles. The Labute approximate surface area is 109 Å². The highest BCUT2D eigenvalue weighted by atomic mass is 16.7. The second kappa shape index (κ2) is 4.01. The first kappa shape index (κ1) is 11.6. The van der Waals surface area contributed by atoms with Gasteiger partial charge in [-0.2, -0.15) is 0 Å². The molecule has 0 radical (unpaired) electrons. The Morgan fingerprint density at radius 1 is 1.37 bits per heavy atom. The van der Waals surface area contributed by atoms with E-state index in [9.17, 15) is 9.90 Å². The molecule has 0 bridgehead atoms. The lowest BCUT2D eigenvalue weighted by molar-refractivity contribution is 0.0691. The summed E-state index contributed by atoms with van der Waals surface area (Å²) in [6.07, 6.45) is 0. The van der Waals surface area contributed by atoms with E-state index in [1.807, 2.05) is 0 Å². The van der Waals surface area contributed by atoms with Crippen molar-refractivity contribution in [3.05, 3.63) is 29.7 Å². The topological polar surface area (TPSA) is 73.6 Å². The van der Waals surface area contributed by atoms with Crippen molar-refractivity contribution < 1.29 is 19.4 Å². The van der Waals surface area contributed by atoms with E-state index >= 15 is 0 Å². The molecule has 0 fully saturated rings. The van der Waals surface area contributed by atoms with Gasteiger partial charge in [0.1, 0.15) is 5.82 Å². The summed E-state index contributed by atoms with van der Waals surface area (Å²) in [7, 11) is 1.79. The first-order valence-electron chi connectivity index (χ1n) is 5.74. The molecule has 0 unspecified atom stereocenters. The number of benzene rings is 1. The fourth-order valence-corrected chi connectivity index (χ4v) is 2.13. The minimum atomic E-state index is -1.05.